The molecule has 1 fully saturated rings. The predicted molar refractivity (Wildman–Crippen MR) is 121 cm³/mol. The molecule has 0 spiro atoms. The van der Waals surface area contributed by atoms with Gasteiger partial charge in [0.05, 0.1) is 16.1 Å². The van der Waals surface area contributed by atoms with Crippen molar-refractivity contribution in [1.29, 1.82) is 0 Å². The van der Waals surface area contributed by atoms with Gasteiger partial charge in [-0.05, 0) is 39.1 Å². The number of hydrogen-bond acceptors (Lipinski definition) is 7. The molecule has 1 aliphatic rings. The second-order valence-electron chi connectivity index (χ2n) is 7.76. The number of likely N-dealkylation sites (tertiary alicyclic amines) is 1. The molecule has 1 atom stereocenters. The molecule has 4 heterocycles. The lowest BCUT2D eigenvalue weighted by atomic mass is 9.95. The van der Waals surface area contributed by atoms with Gasteiger partial charge in [-0.1, -0.05) is 6.07 Å². The predicted octanol–water partition coefficient (Wildman–Crippen LogP) is 2.98. The standard InChI is InChI=1S/C21H25N5O2S2/c1-13-17(29-12-24-13)21(28)26-9-6-14(11-26)16-15-5-4-7-23-20(15)30-18(16)19(27)22-8-10-25(2)3/h4-5,7,12,14H,6,8-11H2,1-3H3,(H,22,27). The zero-order valence-electron chi connectivity index (χ0n) is 17.3. The van der Waals surface area contributed by atoms with E-state index in [9.17, 15) is 9.59 Å². The molecule has 1 aliphatic heterocycles. The summed E-state index contributed by atoms with van der Waals surface area (Å²) in [5, 5.41) is 4.06. The van der Waals surface area contributed by atoms with Gasteiger partial charge in [0.25, 0.3) is 11.8 Å². The maximum atomic E-state index is 13.0. The molecule has 1 unspecified atom stereocenters. The zero-order valence-corrected chi connectivity index (χ0v) is 19.0. The molecule has 9 heteroatoms. The Hall–Kier alpha value is -2.36. The largest absolute Gasteiger partial charge is 0.350 e. The normalized spacial score (nSPS) is 16.5. The molecule has 1 saturated heterocycles. The van der Waals surface area contributed by atoms with Gasteiger partial charge in [0.15, 0.2) is 0 Å². The van der Waals surface area contributed by atoms with Crippen LogP contribution < -0.4 is 5.32 Å². The molecule has 1 N–H and O–H groups in total. The Labute approximate surface area is 183 Å². The molecule has 0 aliphatic carbocycles. The first kappa shape index (κ1) is 20.9. The van der Waals surface area contributed by atoms with Crippen molar-refractivity contribution in [3.63, 3.8) is 0 Å². The average Bonchev–Trinajstić information content (AvgIpc) is 3.44. The number of carbonyl (C=O) groups excluding carboxylic acids is 2. The van der Waals surface area contributed by atoms with Crippen molar-refractivity contribution in [2.75, 3.05) is 40.3 Å². The highest BCUT2D eigenvalue weighted by atomic mass is 32.1. The molecule has 0 saturated carbocycles. The third kappa shape index (κ3) is 4.10. The fraction of sp³-hybridized carbons (Fsp3) is 0.429. The van der Waals surface area contributed by atoms with Crippen molar-refractivity contribution in [3.05, 3.63) is 44.9 Å². The third-order valence-corrected chi connectivity index (χ3v) is 7.42. The molecule has 3 aromatic rings. The summed E-state index contributed by atoms with van der Waals surface area (Å²) in [6.45, 7) is 4.53. The van der Waals surface area contributed by atoms with E-state index >= 15 is 0 Å². The van der Waals surface area contributed by atoms with Gasteiger partial charge in [-0.15, -0.1) is 22.7 Å². The number of thiazole rings is 1. The van der Waals surface area contributed by atoms with E-state index < -0.39 is 0 Å². The van der Waals surface area contributed by atoms with E-state index in [-0.39, 0.29) is 17.7 Å². The minimum atomic E-state index is -0.0575. The van der Waals surface area contributed by atoms with Gasteiger partial charge in [-0.25, -0.2) is 9.97 Å². The van der Waals surface area contributed by atoms with Crippen LogP contribution >= 0.6 is 22.7 Å². The quantitative estimate of drug-likeness (QED) is 0.634. The summed E-state index contributed by atoms with van der Waals surface area (Å²) in [5.41, 5.74) is 3.52. The summed E-state index contributed by atoms with van der Waals surface area (Å²) < 4.78 is 0. The first-order valence-corrected chi connectivity index (χ1v) is 11.6. The molecule has 30 heavy (non-hydrogen) atoms. The average molecular weight is 444 g/mol. The fourth-order valence-corrected chi connectivity index (χ4v) is 5.75. The van der Waals surface area contributed by atoms with Crippen molar-refractivity contribution < 1.29 is 9.59 Å². The van der Waals surface area contributed by atoms with E-state index in [1.807, 2.05) is 43.0 Å². The first-order valence-electron chi connectivity index (χ1n) is 9.95. The van der Waals surface area contributed by atoms with Gasteiger partial charge < -0.3 is 15.1 Å². The maximum absolute atomic E-state index is 13.0. The Morgan fingerprint density at radius 2 is 2.13 bits per heavy atom. The molecule has 4 rings (SSSR count). The van der Waals surface area contributed by atoms with Crippen LogP contribution in [0.5, 0.6) is 0 Å². The van der Waals surface area contributed by atoms with E-state index in [1.165, 1.54) is 22.7 Å². The number of aryl methyl sites for hydroxylation is 1. The van der Waals surface area contributed by atoms with Gasteiger partial charge >= 0.3 is 0 Å². The summed E-state index contributed by atoms with van der Waals surface area (Å²) in [4.78, 5) is 40.8. The topological polar surface area (TPSA) is 78.4 Å². The maximum Gasteiger partial charge on any atom is 0.265 e. The van der Waals surface area contributed by atoms with Crippen LogP contribution in [0.4, 0.5) is 0 Å². The van der Waals surface area contributed by atoms with Crippen LogP contribution in [0.2, 0.25) is 0 Å². The Kier molecular flexibility index (Phi) is 6.12. The Morgan fingerprint density at radius 1 is 1.30 bits per heavy atom. The van der Waals surface area contributed by atoms with E-state index in [1.54, 1.807) is 11.7 Å². The molecule has 7 nitrogen and oxygen atoms in total. The highest BCUT2D eigenvalue weighted by Gasteiger charge is 2.34. The minimum Gasteiger partial charge on any atom is -0.350 e. The van der Waals surface area contributed by atoms with Gasteiger partial charge in [-0.3, -0.25) is 9.59 Å². The van der Waals surface area contributed by atoms with Crippen LogP contribution in [0.1, 0.15) is 42.9 Å². The van der Waals surface area contributed by atoms with Gasteiger partial charge in [0, 0.05) is 43.7 Å². The van der Waals surface area contributed by atoms with Crippen molar-refractivity contribution in [1.82, 2.24) is 25.1 Å². The van der Waals surface area contributed by atoms with Crippen LogP contribution in [0.15, 0.2) is 23.8 Å². The van der Waals surface area contributed by atoms with Crippen LogP contribution in [0.3, 0.4) is 0 Å². The number of hydrogen-bond donors (Lipinski definition) is 1. The van der Waals surface area contributed by atoms with E-state index in [4.69, 9.17) is 0 Å². The summed E-state index contributed by atoms with van der Waals surface area (Å²) in [6, 6.07) is 3.94. The third-order valence-electron chi connectivity index (χ3n) is 5.38. The lowest BCUT2D eigenvalue weighted by molar-refractivity contribution is 0.0794. The molecule has 158 valence electrons. The second kappa shape index (κ2) is 8.79. The van der Waals surface area contributed by atoms with Crippen molar-refractivity contribution in [2.24, 2.45) is 0 Å². The summed E-state index contributed by atoms with van der Waals surface area (Å²) >= 11 is 2.83. The number of pyridine rings is 1. The first-order chi connectivity index (χ1) is 14.5. The Balaban J connectivity index is 1.59. The minimum absolute atomic E-state index is 0.0344. The van der Waals surface area contributed by atoms with Gasteiger partial charge in [0.2, 0.25) is 0 Å². The van der Waals surface area contributed by atoms with Crippen LogP contribution in [-0.4, -0.2) is 71.9 Å². The molecular formula is C21H25N5O2S2. The summed E-state index contributed by atoms with van der Waals surface area (Å²) in [7, 11) is 3.96. The van der Waals surface area contributed by atoms with Crippen LogP contribution in [0, 0.1) is 6.92 Å². The van der Waals surface area contributed by atoms with E-state index in [0.717, 1.165) is 39.3 Å². The molecule has 0 bridgehead atoms. The van der Waals surface area contributed by atoms with E-state index in [0.29, 0.717) is 24.5 Å². The number of thiophene rings is 1. The highest BCUT2D eigenvalue weighted by molar-refractivity contribution is 7.20. The highest BCUT2D eigenvalue weighted by Crippen LogP contribution is 2.39. The van der Waals surface area contributed by atoms with Gasteiger partial charge in [-0.2, -0.15) is 0 Å². The molecule has 3 aromatic heterocycles. The number of amides is 2. The summed E-state index contributed by atoms with van der Waals surface area (Å²) in [6.07, 6.45) is 2.59. The fourth-order valence-electron chi connectivity index (χ4n) is 3.83. The van der Waals surface area contributed by atoms with Crippen LogP contribution in [-0.2, 0) is 0 Å². The lowest BCUT2D eigenvalue weighted by Crippen LogP contribution is -2.31. The second-order valence-corrected chi connectivity index (χ2v) is 9.62. The lowest BCUT2D eigenvalue weighted by Gasteiger charge is -2.17. The van der Waals surface area contributed by atoms with Crippen molar-refractivity contribution in [2.45, 2.75) is 19.3 Å². The zero-order chi connectivity index (χ0) is 21.3. The Morgan fingerprint density at radius 3 is 2.87 bits per heavy atom. The number of rotatable bonds is 6. The van der Waals surface area contributed by atoms with Gasteiger partial charge in [0.1, 0.15) is 9.71 Å². The smallest absolute Gasteiger partial charge is 0.265 e. The molecule has 0 radical (unpaired) electrons. The monoisotopic (exact) mass is 443 g/mol. The molecule has 0 aromatic carbocycles. The molecular weight excluding hydrogens is 418 g/mol. The Bertz CT molecular complexity index is 1070. The number of nitrogens with one attached hydrogen (secondary N) is 1. The number of aromatic nitrogens is 2. The number of likely N-dealkylation sites (N-methyl/N-ethyl adjacent to an activating group) is 1. The number of carbonyl (C=O) groups is 2. The van der Waals surface area contributed by atoms with Crippen LogP contribution in [0.25, 0.3) is 10.2 Å². The number of nitrogens with zero attached hydrogens (tertiary/aromatic N) is 4. The molecule has 2 amide bonds. The number of fused-ring (bicyclic) bond motifs is 1. The van der Waals surface area contributed by atoms with Crippen molar-refractivity contribution >= 4 is 44.7 Å². The SMILES string of the molecule is Cc1ncsc1C(=O)N1CCC(c2c(C(=O)NCCN(C)C)sc3ncccc23)C1. The summed E-state index contributed by atoms with van der Waals surface area (Å²) in [5.74, 6) is 0.0970. The van der Waals surface area contributed by atoms with E-state index in [2.05, 4.69) is 15.3 Å². The van der Waals surface area contributed by atoms with Crippen molar-refractivity contribution in [3.8, 4) is 0 Å².